The summed E-state index contributed by atoms with van der Waals surface area (Å²) in [6, 6.07) is 5.79. The summed E-state index contributed by atoms with van der Waals surface area (Å²) in [5, 5.41) is 12.9. The Morgan fingerprint density at radius 2 is 2.44 bits per heavy atom. The summed E-state index contributed by atoms with van der Waals surface area (Å²) in [6.07, 6.45) is 0.886. The minimum absolute atomic E-state index is 0.180. The molecule has 1 atom stereocenters. The van der Waals surface area contributed by atoms with Crippen LogP contribution < -0.4 is 10.1 Å². The molecule has 1 aromatic rings. The van der Waals surface area contributed by atoms with Crippen molar-refractivity contribution in [3.05, 3.63) is 23.8 Å². The fraction of sp³-hybridized carbons (Fsp3) is 0.500. The minimum atomic E-state index is 0.180. The number of phenols is 1. The number of ether oxygens (including phenoxy) is 2. The van der Waals surface area contributed by atoms with Crippen molar-refractivity contribution >= 4 is 0 Å². The van der Waals surface area contributed by atoms with Crippen LogP contribution >= 0.6 is 0 Å². The zero-order valence-electron chi connectivity index (χ0n) is 9.40. The van der Waals surface area contributed by atoms with E-state index in [1.165, 1.54) is 0 Å². The first-order chi connectivity index (χ1) is 7.79. The Hall–Kier alpha value is -1.26. The third-order valence-corrected chi connectivity index (χ3v) is 2.72. The van der Waals surface area contributed by atoms with Gasteiger partial charge in [0.05, 0.1) is 20.3 Å². The van der Waals surface area contributed by atoms with Gasteiger partial charge in [-0.05, 0) is 24.1 Å². The van der Waals surface area contributed by atoms with Crippen LogP contribution in [0.3, 0.4) is 0 Å². The molecule has 0 aliphatic carbocycles. The zero-order chi connectivity index (χ0) is 11.4. The van der Waals surface area contributed by atoms with Crippen LogP contribution in [0.5, 0.6) is 11.5 Å². The molecule has 0 bridgehead atoms. The first kappa shape index (κ1) is 11.2. The van der Waals surface area contributed by atoms with Crippen molar-refractivity contribution in [2.45, 2.75) is 12.5 Å². The number of phenolic OH excluding ortho intramolecular Hbond substituents is 1. The van der Waals surface area contributed by atoms with E-state index in [4.69, 9.17) is 9.47 Å². The highest BCUT2D eigenvalue weighted by molar-refractivity contribution is 5.41. The number of hydrogen-bond donors (Lipinski definition) is 2. The SMILES string of the molecule is COc1cc(CC2COCCN2)ccc1O. The Labute approximate surface area is 95.2 Å². The standard InChI is InChI=1S/C12H17NO3/c1-15-12-7-9(2-3-11(12)14)6-10-8-16-5-4-13-10/h2-3,7,10,13-14H,4-6,8H2,1H3. The number of methoxy groups -OCH3 is 1. The Morgan fingerprint density at radius 1 is 1.56 bits per heavy atom. The smallest absolute Gasteiger partial charge is 0.160 e. The maximum atomic E-state index is 9.48. The molecule has 4 nitrogen and oxygen atoms in total. The second-order valence-electron chi connectivity index (χ2n) is 3.94. The Bertz CT molecular complexity index is 348. The summed E-state index contributed by atoms with van der Waals surface area (Å²) in [5.41, 5.74) is 1.14. The van der Waals surface area contributed by atoms with Crippen molar-refractivity contribution in [1.29, 1.82) is 0 Å². The molecule has 0 aromatic heterocycles. The number of aromatic hydroxyl groups is 1. The predicted molar refractivity (Wildman–Crippen MR) is 61.0 cm³/mol. The Balaban J connectivity index is 2.03. The van der Waals surface area contributed by atoms with Gasteiger partial charge in [0.15, 0.2) is 11.5 Å². The summed E-state index contributed by atoms with van der Waals surface area (Å²) in [6.45, 7) is 2.43. The highest BCUT2D eigenvalue weighted by Gasteiger charge is 2.14. The van der Waals surface area contributed by atoms with Crippen molar-refractivity contribution in [1.82, 2.24) is 5.32 Å². The highest BCUT2D eigenvalue weighted by Crippen LogP contribution is 2.26. The molecule has 1 aromatic carbocycles. The molecular formula is C12H17NO3. The largest absolute Gasteiger partial charge is 0.504 e. The molecule has 2 N–H and O–H groups in total. The number of nitrogens with one attached hydrogen (secondary N) is 1. The Kier molecular flexibility index (Phi) is 3.64. The molecular weight excluding hydrogens is 206 g/mol. The second-order valence-corrected chi connectivity index (χ2v) is 3.94. The molecule has 16 heavy (non-hydrogen) atoms. The number of benzene rings is 1. The highest BCUT2D eigenvalue weighted by atomic mass is 16.5. The fourth-order valence-corrected chi connectivity index (χ4v) is 1.88. The molecule has 1 unspecified atom stereocenters. The van der Waals surface area contributed by atoms with E-state index in [1.54, 1.807) is 13.2 Å². The van der Waals surface area contributed by atoms with Gasteiger partial charge >= 0.3 is 0 Å². The van der Waals surface area contributed by atoms with Gasteiger partial charge < -0.3 is 19.9 Å². The van der Waals surface area contributed by atoms with E-state index >= 15 is 0 Å². The molecule has 1 heterocycles. The summed E-state index contributed by atoms with van der Waals surface area (Å²) >= 11 is 0. The lowest BCUT2D eigenvalue weighted by atomic mass is 10.1. The van der Waals surface area contributed by atoms with Crippen LogP contribution in [0.2, 0.25) is 0 Å². The van der Waals surface area contributed by atoms with Crippen LogP contribution in [-0.4, -0.2) is 38.0 Å². The van der Waals surface area contributed by atoms with Gasteiger partial charge in [0.2, 0.25) is 0 Å². The van der Waals surface area contributed by atoms with Crippen LogP contribution in [0.4, 0.5) is 0 Å². The van der Waals surface area contributed by atoms with Crippen LogP contribution in [0.25, 0.3) is 0 Å². The average molecular weight is 223 g/mol. The van der Waals surface area contributed by atoms with E-state index in [1.807, 2.05) is 12.1 Å². The van der Waals surface area contributed by atoms with Gasteiger partial charge in [-0.1, -0.05) is 6.07 Å². The first-order valence-corrected chi connectivity index (χ1v) is 5.46. The number of hydrogen-bond acceptors (Lipinski definition) is 4. The number of morpholine rings is 1. The molecule has 1 aliphatic heterocycles. The summed E-state index contributed by atoms with van der Waals surface area (Å²) in [4.78, 5) is 0. The molecule has 88 valence electrons. The summed E-state index contributed by atoms with van der Waals surface area (Å²) in [5.74, 6) is 0.702. The molecule has 0 saturated carbocycles. The van der Waals surface area contributed by atoms with Gasteiger partial charge in [0, 0.05) is 12.6 Å². The third-order valence-electron chi connectivity index (χ3n) is 2.72. The van der Waals surface area contributed by atoms with Crippen molar-refractivity contribution < 1.29 is 14.6 Å². The van der Waals surface area contributed by atoms with Gasteiger partial charge in [-0.25, -0.2) is 0 Å². The topological polar surface area (TPSA) is 50.7 Å². The quantitative estimate of drug-likeness (QED) is 0.800. The predicted octanol–water partition coefficient (Wildman–Crippen LogP) is 0.932. The minimum Gasteiger partial charge on any atom is -0.504 e. The van der Waals surface area contributed by atoms with Gasteiger partial charge in [-0.15, -0.1) is 0 Å². The third kappa shape index (κ3) is 2.65. The van der Waals surface area contributed by atoms with Crippen LogP contribution in [0.15, 0.2) is 18.2 Å². The number of rotatable bonds is 3. The van der Waals surface area contributed by atoms with Gasteiger partial charge in [-0.3, -0.25) is 0 Å². The molecule has 1 aliphatic rings. The summed E-state index contributed by atoms with van der Waals surface area (Å²) < 4.78 is 10.5. The molecule has 0 amide bonds. The second kappa shape index (κ2) is 5.18. The van der Waals surface area contributed by atoms with E-state index in [9.17, 15) is 5.11 Å². The molecule has 0 radical (unpaired) electrons. The van der Waals surface area contributed by atoms with E-state index in [2.05, 4.69) is 5.32 Å². The lowest BCUT2D eigenvalue weighted by Crippen LogP contribution is -2.42. The zero-order valence-corrected chi connectivity index (χ0v) is 9.40. The maximum absolute atomic E-state index is 9.48. The van der Waals surface area contributed by atoms with E-state index in [-0.39, 0.29) is 5.75 Å². The van der Waals surface area contributed by atoms with Gasteiger partial charge in [0.1, 0.15) is 0 Å². The van der Waals surface area contributed by atoms with Crippen molar-refractivity contribution in [3.63, 3.8) is 0 Å². The molecule has 1 fully saturated rings. The van der Waals surface area contributed by atoms with Crippen molar-refractivity contribution in [2.24, 2.45) is 0 Å². The van der Waals surface area contributed by atoms with E-state index in [0.717, 1.165) is 31.7 Å². The Morgan fingerprint density at radius 3 is 3.12 bits per heavy atom. The molecule has 4 heteroatoms. The van der Waals surface area contributed by atoms with Gasteiger partial charge in [-0.2, -0.15) is 0 Å². The van der Waals surface area contributed by atoms with Crippen LogP contribution in [0.1, 0.15) is 5.56 Å². The van der Waals surface area contributed by atoms with Crippen LogP contribution in [-0.2, 0) is 11.2 Å². The average Bonchev–Trinajstić information content (AvgIpc) is 2.33. The fourth-order valence-electron chi connectivity index (χ4n) is 1.88. The van der Waals surface area contributed by atoms with Crippen molar-refractivity contribution in [3.8, 4) is 11.5 Å². The van der Waals surface area contributed by atoms with Crippen molar-refractivity contribution in [2.75, 3.05) is 26.9 Å². The first-order valence-electron chi connectivity index (χ1n) is 5.46. The normalized spacial score (nSPS) is 20.7. The van der Waals surface area contributed by atoms with E-state index < -0.39 is 0 Å². The van der Waals surface area contributed by atoms with Crippen LogP contribution in [0, 0.1) is 0 Å². The monoisotopic (exact) mass is 223 g/mol. The van der Waals surface area contributed by atoms with Gasteiger partial charge in [0.25, 0.3) is 0 Å². The summed E-state index contributed by atoms with van der Waals surface area (Å²) in [7, 11) is 1.56. The molecule has 0 spiro atoms. The lowest BCUT2D eigenvalue weighted by molar-refractivity contribution is 0.0770. The molecule has 2 rings (SSSR count). The lowest BCUT2D eigenvalue weighted by Gasteiger charge is -2.23. The van der Waals surface area contributed by atoms with E-state index in [0.29, 0.717) is 11.8 Å². The molecule has 1 saturated heterocycles. The maximum Gasteiger partial charge on any atom is 0.160 e.